The minimum absolute atomic E-state index is 0.0160. The molecule has 0 unspecified atom stereocenters. The molecule has 0 aromatic heterocycles. The zero-order chi connectivity index (χ0) is 17.7. The lowest BCUT2D eigenvalue weighted by Gasteiger charge is -2.10. The Kier molecular flexibility index (Phi) is 5.42. The second-order valence-corrected chi connectivity index (χ2v) is 4.98. The number of anilines is 1. The maximum absolute atomic E-state index is 13.9. The Morgan fingerprint density at radius 2 is 1.92 bits per heavy atom. The van der Waals surface area contributed by atoms with Crippen LogP contribution in [0.3, 0.4) is 0 Å². The molecular weight excluding hydrogens is 312 g/mol. The van der Waals surface area contributed by atoms with Gasteiger partial charge in [0.15, 0.2) is 0 Å². The van der Waals surface area contributed by atoms with Gasteiger partial charge < -0.3 is 15.9 Å². The van der Waals surface area contributed by atoms with Gasteiger partial charge in [0.05, 0.1) is 17.9 Å². The van der Waals surface area contributed by atoms with Crippen LogP contribution in [0.15, 0.2) is 42.5 Å². The van der Waals surface area contributed by atoms with E-state index in [9.17, 15) is 8.78 Å². The molecule has 0 aliphatic carbocycles. The predicted octanol–water partition coefficient (Wildman–Crippen LogP) is 3.99. The van der Waals surface area contributed by atoms with Crippen molar-refractivity contribution in [2.45, 2.75) is 6.92 Å². The van der Waals surface area contributed by atoms with Crippen molar-refractivity contribution in [3.05, 3.63) is 70.8 Å². The van der Waals surface area contributed by atoms with Gasteiger partial charge >= 0.3 is 0 Å². The summed E-state index contributed by atoms with van der Waals surface area (Å²) in [5, 5.41) is 15.8. The molecule has 0 spiro atoms. The number of nitrogens with one attached hydrogen (secondary N) is 2. The Hall–Kier alpha value is -3.02. The summed E-state index contributed by atoms with van der Waals surface area (Å²) >= 11 is 0. The highest BCUT2D eigenvalue weighted by Gasteiger charge is 2.14. The average molecular weight is 329 g/mol. The molecule has 24 heavy (non-hydrogen) atoms. The number of hydrogen-bond acceptors (Lipinski definition) is 4. The largest absolute Gasteiger partial charge is 0.478 e. The van der Waals surface area contributed by atoms with E-state index in [0.717, 1.165) is 6.07 Å². The van der Waals surface area contributed by atoms with E-state index in [0.29, 0.717) is 5.56 Å². The monoisotopic (exact) mass is 329 g/mol. The van der Waals surface area contributed by atoms with Crippen LogP contribution in [0.5, 0.6) is 0 Å². The summed E-state index contributed by atoms with van der Waals surface area (Å²) in [4.78, 5) is 0. The first-order valence-corrected chi connectivity index (χ1v) is 7.25. The molecule has 0 fully saturated rings. The molecule has 0 atom stereocenters. The summed E-state index contributed by atoms with van der Waals surface area (Å²) in [6, 6.07) is 8.27. The fourth-order valence-corrected chi connectivity index (χ4v) is 2.10. The number of allylic oxidation sites excluding steroid dienone is 1. The van der Waals surface area contributed by atoms with Gasteiger partial charge in [-0.15, -0.1) is 0 Å². The van der Waals surface area contributed by atoms with E-state index < -0.39 is 5.82 Å². The minimum Gasteiger partial charge on any atom is -0.478 e. The molecule has 2 aromatic carbocycles. The van der Waals surface area contributed by atoms with Crippen molar-refractivity contribution in [3.8, 4) is 0 Å². The average Bonchev–Trinajstić information content (AvgIpc) is 2.53. The summed E-state index contributed by atoms with van der Waals surface area (Å²) in [6.07, 6.45) is 2.99. The smallest absolute Gasteiger partial charge is 0.216 e. The third kappa shape index (κ3) is 4.04. The van der Waals surface area contributed by atoms with Gasteiger partial charge in [-0.25, -0.2) is 8.78 Å². The molecule has 0 bridgehead atoms. The Labute approximate surface area is 138 Å². The van der Waals surface area contributed by atoms with Gasteiger partial charge in [0.25, 0.3) is 0 Å². The molecule has 0 radical (unpaired) electrons. The lowest BCUT2D eigenvalue weighted by atomic mass is 10.0. The van der Waals surface area contributed by atoms with Crippen LogP contribution in [0.25, 0.3) is 6.08 Å². The van der Waals surface area contributed by atoms with E-state index in [4.69, 9.17) is 21.3 Å². The molecule has 0 saturated carbocycles. The van der Waals surface area contributed by atoms with E-state index in [1.54, 1.807) is 25.1 Å². The molecule has 0 heterocycles. The van der Waals surface area contributed by atoms with Crippen LogP contribution >= 0.6 is 0 Å². The second kappa shape index (κ2) is 7.50. The zero-order valence-corrected chi connectivity index (χ0v) is 13.1. The maximum Gasteiger partial charge on any atom is 0.216 e. The van der Waals surface area contributed by atoms with E-state index >= 15 is 0 Å². The normalized spacial score (nSPS) is 10.8. The van der Waals surface area contributed by atoms with Crippen molar-refractivity contribution < 1.29 is 13.5 Å². The Balaban J connectivity index is 2.32. The Morgan fingerprint density at radius 3 is 2.58 bits per heavy atom. The van der Waals surface area contributed by atoms with Crippen molar-refractivity contribution >= 4 is 23.4 Å². The van der Waals surface area contributed by atoms with Crippen molar-refractivity contribution in [1.82, 2.24) is 0 Å². The minimum atomic E-state index is -0.684. The topological polar surface area (TPSA) is 83.0 Å². The highest BCUT2D eigenvalue weighted by Crippen LogP contribution is 2.20. The summed E-state index contributed by atoms with van der Waals surface area (Å²) in [5.41, 5.74) is 6.65. The van der Waals surface area contributed by atoms with E-state index in [1.165, 1.54) is 24.3 Å². The molecule has 0 amide bonds. The molecule has 2 aromatic rings. The number of nitrogens with two attached hydrogens (primary N) is 1. The van der Waals surface area contributed by atoms with Gasteiger partial charge in [-0.1, -0.05) is 18.2 Å². The van der Waals surface area contributed by atoms with Gasteiger partial charge in [-0.3, -0.25) is 5.41 Å². The van der Waals surface area contributed by atoms with Gasteiger partial charge in [-0.05, 0) is 42.8 Å². The fourth-order valence-electron chi connectivity index (χ4n) is 2.10. The van der Waals surface area contributed by atoms with Gasteiger partial charge in [0.2, 0.25) is 5.90 Å². The SMILES string of the molecule is CCOC(=N)c1cc(C(=N)/C=C/c2cccc(F)c2)c(N)cc1F. The van der Waals surface area contributed by atoms with Crippen LogP contribution in [0.2, 0.25) is 0 Å². The third-order valence-corrected chi connectivity index (χ3v) is 3.25. The van der Waals surface area contributed by atoms with Crippen molar-refractivity contribution in [2.75, 3.05) is 12.3 Å². The lowest BCUT2D eigenvalue weighted by molar-refractivity contribution is 0.324. The molecule has 124 valence electrons. The first kappa shape index (κ1) is 17.3. The van der Waals surface area contributed by atoms with E-state index in [2.05, 4.69) is 0 Å². The molecule has 0 saturated heterocycles. The molecular formula is C18H17F2N3O. The third-order valence-electron chi connectivity index (χ3n) is 3.25. The van der Waals surface area contributed by atoms with E-state index in [-0.39, 0.29) is 40.8 Å². The highest BCUT2D eigenvalue weighted by atomic mass is 19.1. The lowest BCUT2D eigenvalue weighted by Crippen LogP contribution is -2.11. The number of hydrogen-bond donors (Lipinski definition) is 3. The van der Waals surface area contributed by atoms with Crippen LogP contribution < -0.4 is 5.73 Å². The first-order valence-electron chi connectivity index (χ1n) is 7.25. The van der Waals surface area contributed by atoms with Crippen LogP contribution in [-0.4, -0.2) is 18.2 Å². The first-order chi connectivity index (χ1) is 11.4. The second-order valence-electron chi connectivity index (χ2n) is 4.98. The van der Waals surface area contributed by atoms with Crippen LogP contribution in [-0.2, 0) is 4.74 Å². The summed E-state index contributed by atoms with van der Waals surface area (Å²) in [5.74, 6) is -1.38. The number of rotatable bonds is 5. The van der Waals surface area contributed by atoms with Crippen LogP contribution in [0.4, 0.5) is 14.5 Å². The molecule has 6 heteroatoms. The summed E-state index contributed by atoms with van der Waals surface area (Å²) < 4.78 is 32.1. The predicted molar refractivity (Wildman–Crippen MR) is 91.5 cm³/mol. The molecule has 0 aliphatic rings. The number of benzene rings is 2. The summed E-state index contributed by atoms with van der Waals surface area (Å²) in [7, 11) is 0. The molecule has 4 nitrogen and oxygen atoms in total. The number of halogens is 2. The van der Waals surface area contributed by atoms with Crippen LogP contribution in [0.1, 0.15) is 23.6 Å². The van der Waals surface area contributed by atoms with E-state index in [1.807, 2.05) is 0 Å². The van der Waals surface area contributed by atoms with Crippen molar-refractivity contribution in [2.24, 2.45) is 0 Å². The summed E-state index contributed by atoms with van der Waals surface area (Å²) in [6.45, 7) is 1.92. The molecule has 0 aliphatic heterocycles. The quantitative estimate of drug-likeness (QED) is 0.440. The zero-order valence-electron chi connectivity index (χ0n) is 13.1. The van der Waals surface area contributed by atoms with Gasteiger partial charge in [-0.2, -0.15) is 0 Å². The van der Waals surface area contributed by atoms with Crippen LogP contribution in [0, 0.1) is 22.5 Å². The fraction of sp³-hybridized carbons (Fsp3) is 0.111. The maximum atomic E-state index is 13.9. The highest BCUT2D eigenvalue weighted by molar-refractivity contribution is 6.13. The molecule has 2 rings (SSSR count). The number of ether oxygens (including phenoxy) is 1. The molecule has 4 N–H and O–H groups in total. The standard InChI is InChI=1S/C18H17F2N3O/c1-2-24-18(23)13-9-14(17(22)10-15(13)20)16(21)7-6-11-4-3-5-12(19)8-11/h3-10,21,23H,2,22H2,1H3/b7-6+,21-16?,23-18?. The number of nitrogen functional groups attached to an aromatic ring is 1. The van der Waals surface area contributed by atoms with Crippen molar-refractivity contribution in [1.29, 1.82) is 10.8 Å². The Morgan fingerprint density at radius 1 is 1.17 bits per heavy atom. The van der Waals surface area contributed by atoms with Gasteiger partial charge in [0.1, 0.15) is 11.6 Å². The van der Waals surface area contributed by atoms with Gasteiger partial charge in [0, 0.05) is 11.3 Å². The van der Waals surface area contributed by atoms with Crippen molar-refractivity contribution in [3.63, 3.8) is 0 Å². The Bertz CT molecular complexity index is 816.